The van der Waals surface area contributed by atoms with Gasteiger partial charge in [0, 0.05) is 35.9 Å². The molecule has 202 valence electrons. The number of methoxy groups -OCH3 is 1. The van der Waals surface area contributed by atoms with E-state index < -0.39 is 5.97 Å². The molecule has 2 amide bonds. The number of benzene rings is 3. The monoisotopic (exact) mass is 526 g/mol. The van der Waals surface area contributed by atoms with Gasteiger partial charge in [-0.3, -0.25) is 9.59 Å². The number of hydrogen-bond acceptors (Lipinski definition) is 6. The van der Waals surface area contributed by atoms with Gasteiger partial charge in [0.1, 0.15) is 0 Å². The molecule has 1 aliphatic rings. The van der Waals surface area contributed by atoms with Crippen LogP contribution in [0.3, 0.4) is 0 Å². The molecule has 0 aliphatic carbocycles. The van der Waals surface area contributed by atoms with E-state index >= 15 is 0 Å². The highest BCUT2D eigenvalue weighted by molar-refractivity contribution is 6.37. The second-order valence-electron chi connectivity index (χ2n) is 9.94. The number of ether oxygens (including phenoxy) is 1. The van der Waals surface area contributed by atoms with E-state index in [1.165, 1.54) is 7.11 Å². The van der Waals surface area contributed by atoms with Crippen molar-refractivity contribution < 1.29 is 19.1 Å². The molecule has 0 unspecified atom stereocenters. The third kappa shape index (κ3) is 6.18. The molecule has 0 fully saturated rings. The minimum atomic E-state index is -0.471. The van der Waals surface area contributed by atoms with Crippen molar-refractivity contribution in [1.29, 1.82) is 0 Å². The first kappa shape index (κ1) is 27.6. The number of carbonyl (C=O) groups excluding carboxylic acids is 3. The molecular formula is C31H34N4O4. The highest BCUT2D eigenvalue weighted by atomic mass is 16.5. The van der Waals surface area contributed by atoms with Gasteiger partial charge in [-0.1, -0.05) is 50.2 Å². The van der Waals surface area contributed by atoms with E-state index in [1.807, 2.05) is 92.3 Å². The van der Waals surface area contributed by atoms with Gasteiger partial charge >= 0.3 is 5.97 Å². The number of amides is 2. The van der Waals surface area contributed by atoms with E-state index in [-0.39, 0.29) is 17.7 Å². The van der Waals surface area contributed by atoms with Crippen LogP contribution >= 0.6 is 0 Å². The summed E-state index contributed by atoms with van der Waals surface area (Å²) in [5.74, 6) is -0.802. The normalized spacial score (nSPS) is 13.7. The minimum absolute atomic E-state index is 0.0650. The van der Waals surface area contributed by atoms with Gasteiger partial charge in [0.2, 0.25) is 5.91 Å². The van der Waals surface area contributed by atoms with Gasteiger partial charge in [0.15, 0.2) is 0 Å². The Morgan fingerprint density at radius 3 is 2.23 bits per heavy atom. The fourth-order valence-electron chi connectivity index (χ4n) is 4.40. The summed E-state index contributed by atoms with van der Waals surface area (Å²) in [4.78, 5) is 42.0. The highest BCUT2D eigenvalue weighted by Gasteiger charge is 2.29. The largest absolute Gasteiger partial charge is 0.465 e. The average molecular weight is 527 g/mol. The topological polar surface area (TPSA) is 91.0 Å². The Morgan fingerprint density at radius 1 is 0.923 bits per heavy atom. The van der Waals surface area contributed by atoms with Gasteiger partial charge in [-0.2, -0.15) is 0 Å². The molecular weight excluding hydrogens is 492 g/mol. The van der Waals surface area contributed by atoms with E-state index in [4.69, 9.17) is 4.74 Å². The molecule has 0 atom stereocenters. The minimum Gasteiger partial charge on any atom is -0.465 e. The second kappa shape index (κ2) is 12.0. The van der Waals surface area contributed by atoms with Crippen molar-refractivity contribution in [3.63, 3.8) is 0 Å². The first-order valence-corrected chi connectivity index (χ1v) is 12.9. The standard InChI is InChI=1S/C31H34N4O4/c1-20(2)30(37)35(18-17-34(3)4)24-14-12-23(13-15-24)32-28(21-9-7-6-8-10-21)27-25-16-11-22(31(38)39-5)19-26(25)33-29(27)36/h6-16,19-20,32H,17-18H2,1-5H3,(H,33,36). The third-order valence-corrected chi connectivity index (χ3v) is 6.48. The zero-order valence-corrected chi connectivity index (χ0v) is 22.9. The van der Waals surface area contributed by atoms with Crippen LogP contribution in [0.5, 0.6) is 0 Å². The SMILES string of the molecule is COC(=O)c1ccc2c(c1)NC(=O)C2=C(Nc1ccc(N(CCN(C)C)C(=O)C(C)C)cc1)c1ccccc1. The number of nitrogens with zero attached hydrogens (tertiary/aromatic N) is 2. The summed E-state index contributed by atoms with van der Waals surface area (Å²) in [6, 6.07) is 22.3. The van der Waals surface area contributed by atoms with E-state index in [0.717, 1.165) is 23.5 Å². The van der Waals surface area contributed by atoms with E-state index in [0.29, 0.717) is 34.6 Å². The average Bonchev–Trinajstić information content (AvgIpc) is 3.26. The van der Waals surface area contributed by atoms with Crippen LogP contribution in [0.4, 0.5) is 17.1 Å². The van der Waals surface area contributed by atoms with Gasteiger partial charge in [-0.25, -0.2) is 4.79 Å². The summed E-state index contributed by atoms with van der Waals surface area (Å²) in [5.41, 5.74) is 5.11. The summed E-state index contributed by atoms with van der Waals surface area (Å²) in [5, 5.41) is 6.32. The predicted octanol–water partition coefficient (Wildman–Crippen LogP) is 4.96. The molecule has 8 nitrogen and oxygen atoms in total. The summed E-state index contributed by atoms with van der Waals surface area (Å²) in [7, 11) is 5.29. The molecule has 0 aromatic heterocycles. The van der Waals surface area contributed by atoms with Crippen LogP contribution in [-0.2, 0) is 14.3 Å². The molecule has 4 rings (SSSR count). The summed E-state index contributed by atoms with van der Waals surface area (Å²) < 4.78 is 4.82. The Kier molecular flexibility index (Phi) is 8.46. The molecule has 2 N–H and O–H groups in total. The predicted molar refractivity (Wildman–Crippen MR) is 155 cm³/mol. The van der Waals surface area contributed by atoms with Crippen LogP contribution in [0.1, 0.15) is 35.3 Å². The van der Waals surface area contributed by atoms with Crippen LogP contribution in [0.2, 0.25) is 0 Å². The van der Waals surface area contributed by atoms with Crippen molar-refractivity contribution in [3.8, 4) is 0 Å². The first-order chi connectivity index (χ1) is 18.7. The summed E-state index contributed by atoms with van der Waals surface area (Å²) in [6.07, 6.45) is 0. The lowest BCUT2D eigenvalue weighted by Gasteiger charge is -2.26. The van der Waals surface area contributed by atoms with Crippen LogP contribution in [0.15, 0.2) is 72.8 Å². The molecule has 0 spiro atoms. The van der Waals surface area contributed by atoms with Crippen LogP contribution in [-0.4, -0.2) is 57.0 Å². The molecule has 0 bridgehead atoms. The number of likely N-dealkylation sites (N-methyl/N-ethyl adjacent to an activating group) is 1. The van der Waals surface area contributed by atoms with Gasteiger partial charge in [-0.05, 0) is 56.1 Å². The van der Waals surface area contributed by atoms with Crippen LogP contribution in [0.25, 0.3) is 11.3 Å². The quantitative estimate of drug-likeness (QED) is 0.303. The van der Waals surface area contributed by atoms with Crippen LogP contribution < -0.4 is 15.5 Å². The number of anilines is 3. The van der Waals surface area contributed by atoms with E-state index in [2.05, 4.69) is 10.6 Å². The van der Waals surface area contributed by atoms with Crippen molar-refractivity contribution in [2.24, 2.45) is 5.92 Å². The highest BCUT2D eigenvalue weighted by Crippen LogP contribution is 2.38. The molecule has 3 aromatic rings. The molecule has 8 heteroatoms. The van der Waals surface area contributed by atoms with Crippen molar-refractivity contribution >= 4 is 46.1 Å². The summed E-state index contributed by atoms with van der Waals surface area (Å²) >= 11 is 0. The molecule has 0 saturated heterocycles. The summed E-state index contributed by atoms with van der Waals surface area (Å²) in [6.45, 7) is 5.13. The Bertz CT molecular complexity index is 1400. The van der Waals surface area contributed by atoms with E-state index in [1.54, 1.807) is 18.2 Å². The molecule has 0 radical (unpaired) electrons. The Hall–Kier alpha value is -4.43. The Balaban J connectivity index is 1.72. The molecule has 1 aliphatic heterocycles. The van der Waals surface area contributed by atoms with Crippen molar-refractivity contribution in [2.45, 2.75) is 13.8 Å². The number of esters is 1. The van der Waals surface area contributed by atoms with Gasteiger partial charge in [0.05, 0.1) is 29.6 Å². The molecule has 3 aromatic carbocycles. The van der Waals surface area contributed by atoms with Gasteiger partial charge in [0.25, 0.3) is 5.91 Å². The fraction of sp³-hybridized carbons (Fsp3) is 0.258. The number of rotatable bonds is 9. The Labute approximate surface area is 229 Å². The lowest BCUT2D eigenvalue weighted by Crippen LogP contribution is -2.39. The number of nitrogens with one attached hydrogen (secondary N) is 2. The molecule has 39 heavy (non-hydrogen) atoms. The fourth-order valence-corrected chi connectivity index (χ4v) is 4.40. The van der Waals surface area contributed by atoms with Gasteiger partial charge in [-0.15, -0.1) is 0 Å². The maximum Gasteiger partial charge on any atom is 0.337 e. The Morgan fingerprint density at radius 2 is 1.62 bits per heavy atom. The van der Waals surface area contributed by atoms with Crippen molar-refractivity contribution in [2.75, 3.05) is 49.8 Å². The first-order valence-electron chi connectivity index (χ1n) is 12.9. The molecule has 0 saturated carbocycles. The van der Waals surface area contributed by atoms with Crippen molar-refractivity contribution in [1.82, 2.24) is 4.90 Å². The lowest BCUT2D eigenvalue weighted by molar-refractivity contribution is -0.121. The van der Waals surface area contributed by atoms with E-state index in [9.17, 15) is 14.4 Å². The number of carbonyl (C=O) groups is 3. The molecule has 1 heterocycles. The maximum absolute atomic E-state index is 13.2. The lowest BCUT2D eigenvalue weighted by atomic mass is 9.99. The zero-order chi connectivity index (χ0) is 28.1. The second-order valence-corrected chi connectivity index (χ2v) is 9.94. The number of fused-ring (bicyclic) bond motifs is 1. The van der Waals surface area contributed by atoms with Crippen molar-refractivity contribution in [3.05, 3.63) is 89.5 Å². The van der Waals surface area contributed by atoms with Gasteiger partial charge < -0.3 is 25.2 Å². The zero-order valence-electron chi connectivity index (χ0n) is 22.9. The smallest absolute Gasteiger partial charge is 0.337 e. The maximum atomic E-state index is 13.2. The number of hydrogen-bond donors (Lipinski definition) is 2. The third-order valence-electron chi connectivity index (χ3n) is 6.48. The van der Waals surface area contributed by atoms with Crippen LogP contribution in [0, 0.1) is 5.92 Å².